The topological polar surface area (TPSA) is 57.7 Å². The van der Waals surface area contributed by atoms with Gasteiger partial charge in [0.2, 0.25) is 0 Å². The van der Waals surface area contributed by atoms with E-state index in [9.17, 15) is 4.79 Å². The van der Waals surface area contributed by atoms with Crippen LogP contribution in [0.25, 0.3) is 11.3 Å². The van der Waals surface area contributed by atoms with Crippen LogP contribution in [0.1, 0.15) is 5.01 Å². The summed E-state index contributed by atoms with van der Waals surface area (Å²) in [6.45, 7) is 4.00. The van der Waals surface area contributed by atoms with Crippen molar-refractivity contribution < 1.29 is 9.53 Å². The Morgan fingerprint density at radius 2 is 2.19 bits per heavy atom. The van der Waals surface area contributed by atoms with Crippen molar-refractivity contribution in [1.82, 2.24) is 20.1 Å². The second-order valence-corrected chi connectivity index (χ2v) is 7.74. The number of rotatable bonds is 5. The predicted molar refractivity (Wildman–Crippen MR) is 104 cm³/mol. The number of nitrogens with zero attached hydrogens (tertiary/aromatic N) is 3. The number of hydrogen-bond acceptors (Lipinski definition) is 5. The number of hydrogen-bond donors (Lipinski definition) is 1. The van der Waals surface area contributed by atoms with E-state index in [0.29, 0.717) is 32.2 Å². The first kappa shape index (κ1) is 18.8. The molecule has 0 radical (unpaired) electrons. The molecule has 1 aliphatic heterocycles. The van der Waals surface area contributed by atoms with Gasteiger partial charge in [-0.15, -0.1) is 11.3 Å². The third-order valence-corrected chi connectivity index (χ3v) is 5.11. The van der Waals surface area contributed by atoms with Crippen LogP contribution in [0.4, 0.5) is 4.79 Å². The standard InChI is InChI=1S/C19H26N4O2S/c1-22(2)11-15-12-23(8-9-25-13-15)19(24)20-10-18-21-17(14-26-18)16-6-4-3-5-7-16/h3-7,14-15H,8-13H2,1-2H3,(H,20,24). The minimum Gasteiger partial charge on any atom is -0.379 e. The van der Waals surface area contributed by atoms with Crippen LogP contribution in [-0.2, 0) is 11.3 Å². The van der Waals surface area contributed by atoms with Gasteiger partial charge in [0.15, 0.2) is 0 Å². The van der Waals surface area contributed by atoms with Crippen LogP contribution in [0.15, 0.2) is 35.7 Å². The van der Waals surface area contributed by atoms with Gasteiger partial charge in [-0.3, -0.25) is 0 Å². The fourth-order valence-electron chi connectivity index (χ4n) is 3.09. The second kappa shape index (κ2) is 9.12. The fraction of sp³-hybridized carbons (Fsp3) is 0.474. The number of carbonyl (C=O) groups excluding carboxylic acids is 1. The summed E-state index contributed by atoms with van der Waals surface area (Å²) in [6.07, 6.45) is 0. The molecular weight excluding hydrogens is 348 g/mol. The molecule has 7 heteroatoms. The van der Waals surface area contributed by atoms with Gasteiger partial charge in [-0.2, -0.15) is 0 Å². The van der Waals surface area contributed by atoms with Crippen LogP contribution >= 0.6 is 11.3 Å². The Balaban J connectivity index is 1.54. The lowest BCUT2D eigenvalue weighted by Crippen LogP contribution is -2.44. The molecule has 2 aromatic rings. The van der Waals surface area contributed by atoms with Gasteiger partial charge in [0, 0.05) is 36.5 Å². The van der Waals surface area contributed by atoms with Crippen molar-refractivity contribution in [1.29, 1.82) is 0 Å². The van der Waals surface area contributed by atoms with Gasteiger partial charge in [-0.25, -0.2) is 9.78 Å². The van der Waals surface area contributed by atoms with E-state index in [1.165, 1.54) is 0 Å². The highest BCUT2D eigenvalue weighted by Crippen LogP contribution is 2.21. The maximum atomic E-state index is 12.6. The number of ether oxygens (including phenoxy) is 1. The molecule has 3 rings (SSSR count). The Morgan fingerprint density at radius 1 is 1.38 bits per heavy atom. The summed E-state index contributed by atoms with van der Waals surface area (Å²) in [4.78, 5) is 21.2. The lowest BCUT2D eigenvalue weighted by molar-refractivity contribution is 0.112. The van der Waals surface area contributed by atoms with Crippen molar-refractivity contribution in [3.05, 3.63) is 40.7 Å². The predicted octanol–water partition coefficient (Wildman–Crippen LogP) is 2.53. The average Bonchev–Trinajstić information content (AvgIpc) is 2.99. The van der Waals surface area contributed by atoms with E-state index >= 15 is 0 Å². The zero-order chi connectivity index (χ0) is 18.4. The molecule has 1 aliphatic rings. The molecule has 1 aromatic heterocycles. The van der Waals surface area contributed by atoms with Gasteiger partial charge in [0.1, 0.15) is 5.01 Å². The molecule has 1 unspecified atom stereocenters. The summed E-state index contributed by atoms with van der Waals surface area (Å²) in [5.41, 5.74) is 2.05. The van der Waals surface area contributed by atoms with Gasteiger partial charge in [-0.05, 0) is 14.1 Å². The number of urea groups is 1. The summed E-state index contributed by atoms with van der Waals surface area (Å²) in [5.74, 6) is 0.336. The Labute approximate surface area is 158 Å². The van der Waals surface area contributed by atoms with Crippen LogP contribution in [-0.4, -0.2) is 67.8 Å². The van der Waals surface area contributed by atoms with Crippen molar-refractivity contribution in [2.24, 2.45) is 5.92 Å². The third-order valence-electron chi connectivity index (χ3n) is 4.26. The molecule has 1 atom stereocenters. The monoisotopic (exact) mass is 374 g/mol. The van der Waals surface area contributed by atoms with Gasteiger partial charge in [0.05, 0.1) is 25.5 Å². The Bertz CT molecular complexity index is 705. The molecule has 140 valence electrons. The van der Waals surface area contributed by atoms with E-state index in [1.54, 1.807) is 11.3 Å². The van der Waals surface area contributed by atoms with Gasteiger partial charge in [-0.1, -0.05) is 30.3 Å². The highest BCUT2D eigenvalue weighted by atomic mass is 32.1. The van der Waals surface area contributed by atoms with Crippen LogP contribution in [0.2, 0.25) is 0 Å². The highest BCUT2D eigenvalue weighted by Gasteiger charge is 2.23. The quantitative estimate of drug-likeness (QED) is 0.874. The van der Waals surface area contributed by atoms with Crippen molar-refractivity contribution in [3.63, 3.8) is 0 Å². The van der Waals surface area contributed by atoms with Crippen molar-refractivity contribution in [2.75, 3.05) is 46.9 Å². The van der Waals surface area contributed by atoms with Crippen LogP contribution in [0, 0.1) is 5.92 Å². The van der Waals surface area contributed by atoms with E-state index in [4.69, 9.17) is 4.74 Å². The number of aromatic nitrogens is 1. The highest BCUT2D eigenvalue weighted by molar-refractivity contribution is 7.09. The summed E-state index contributed by atoms with van der Waals surface area (Å²) in [7, 11) is 4.09. The number of benzene rings is 1. The first-order valence-electron chi connectivity index (χ1n) is 8.87. The maximum absolute atomic E-state index is 12.6. The molecule has 0 saturated carbocycles. The van der Waals surface area contributed by atoms with Crippen molar-refractivity contribution in [3.8, 4) is 11.3 Å². The van der Waals surface area contributed by atoms with Crippen LogP contribution in [0.3, 0.4) is 0 Å². The minimum absolute atomic E-state index is 0.0456. The summed E-state index contributed by atoms with van der Waals surface area (Å²) in [6, 6.07) is 10.0. The lowest BCUT2D eigenvalue weighted by Gasteiger charge is -2.25. The van der Waals surface area contributed by atoms with Gasteiger partial charge < -0.3 is 19.9 Å². The zero-order valence-electron chi connectivity index (χ0n) is 15.4. The smallest absolute Gasteiger partial charge is 0.317 e. The van der Waals surface area contributed by atoms with E-state index < -0.39 is 0 Å². The number of carbonyl (C=O) groups is 1. The van der Waals surface area contributed by atoms with Crippen LogP contribution < -0.4 is 5.32 Å². The maximum Gasteiger partial charge on any atom is 0.317 e. The van der Waals surface area contributed by atoms with E-state index in [-0.39, 0.29) is 6.03 Å². The van der Waals surface area contributed by atoms with E-state index in [2.05, 4.69) is 15.2 Å². The molecule has 2 amide bonds. The van der Waals surface area contributed by atoms with Crippen molar-refractivity contribution in [2.45, 2.75) is 6.54 Å². The normalized spacial score (nSPS) is 18.0. The summed E-state index contributed by atoms with van der Waals surface area (Å²) in [5, 5.41) is 5.94. The fourth-order valence-corrected chi connectivity index (χ4v) is 3.83. The number of thiazole rings is 1. The molecule has 1 fully saturated rings. The molecule has 6 nitrogen and oxygen atoms in total. The summed E-state index contributed by atoms with van der Waals surface area (Å²) >= 11 is 1.57. The van der Waals surface area contributed by atoms with Crippen molar-refractivity contribution >= 4 is 17.4 Å². The molecule has 0 aliphatic carbocycles. The minimum atomic E-state index is -0.0456. The second-order valence-electron chi connectivity index (χ2n) is 6.80. The van der Waals surface area contributed by atoms with Crippen LogP contribution in [0.5, 0.6) is 0 Å². The molecule has 1 N–H and O–H groups in total. The first-order chi connectivity index (χ1) is 12.6. The molecule has 1 saturated heterocycles. The third kappa shape index (κ3) is 5.27. The summed E-state index contributed by atoms with van der Waals surface area (Å²) < 4.78 is 5.64. The van der Waals surface area contributed by atoms with Gasteiger partial charge >= 0.3 is 6.03 Å². The molecule has 26 heavy (non-hydrogen) atoms. The molecule has 0 bridgehead atoms. The Morgan fingerprint density at radius 3 is 2.96 bits per heavy atom. The zero-order valence-corrected chi connectivity index (χ0v) is 16.2. The average molecular weight is 375 g/mol. The number of amides is 2. The molecule has 2 heterocycles. The first-order valence-corrected chi connectivity index (χ1v) is 9.75. The van der Waals surface area contributed by atoms with E-state index in [0.717, 1.165) is 29.4 Å². The lowest BCUT2D eigenvalue weighted by atomic mass is 10.1. The van der Waals surface area contributed by atoms with E-state index in [1.807, 2.05) is 54.7 Å². The molecule has 0 spiro atoms. The Hall–Kier alpha value is -1.96. The number of nitrogens with one attached hydrogen (secondary N) is 1. The van der Waals surface area contributed by atoms with Gasteiger partial charge in [0.25, 0.3) is 0 Å². The molecular formula is C19H26N4O2S. The molecule has 1 aromatic carbocycles. The Kier molecular flexibility index (Phi) is 6.60. The largest absolute Gasteiger partial charge is 0.379 e. The SMILES string of the molecule is CN(C)CC1COCCN(C(=O)NCc2nc(-c3ccccc3)cs2)C1.